The van der Waals surface area contributed by atoms with Gasteiger partial charge in [0.15, 0.2) is 0 Å². The lowest BCUT2D eigenvalue weighted by atomic mass is 10.2. The molecule has 0 rings (SSSR count). The summed E-state index contributed by atoms with van der Waals surface area (Å²) in [6, 6.07) is 0. The molecule has 0 unspecified atom stereocenters. The number of primary amides is 1. The Morgan fingerprint density at radius 2 is 1.50 bits per heavy atom. The van der Waals surface area contributed by atoms with Crippen molar-refractivity contribution in [3.8, 4) is 0 Å². The average molecular weight is 205 g/mol. The second kappa shape index (κ2) is 14.7. The van der Waals surface area contributed by atoms with E-state index in [4.69, 9.17) is 11.5 Å². The maximum Gasteiger partial charge on any atom is 0.404 e. The molecule has 0 saturated heterocycles. The molecule has 0 bridgehead atoms. The van der Waals surface area contributed by atoms with Gasteiger partial charge in [-0.2, -0.15) is 0 Å². The Bertz CT molecular complexity index is 115. The van der Waals surface area contributed by atoms with E-state index in [-0.39, 0.29) is 0 Å². The summed E-state index contributed by atoms with van der Waals surface area (Å²) in [6.45, 7) is 3.70. The summed E-state index contributed by atoms with van der Waals surface area (Å²) in [5, 5.41) is 0. The second-order valence-electron chi connectivity index (χ2n) is 2.74. The molecular formula is C9H23N3O2. The van der Waals surface area contributed by atoms with Gasteiger partial charge in [-0.1, -0.05) is 12.8 Å². The first kappa shape index (κ1) is 15.7. The smallest absolute Gasteiger partial charge is 0.404 e. The van der Waals surface area contributed by atoms with Crippen LogP contribution in [0.1, 0.15) is 32.6 Å². The molecule has 5 nitrogen and oxygen atoms in total. The molecular weight excluding hydrogens is 182 g/mol. The maximum atomic E-state index is 9.60. The third-order valence-electron chi connectivity index (χ3n) is 1.44. The Morgan fingerprint density at radius 1 is 1.07 bits per heavy atom. The van der Waals surface area contributed by atoms with Gasteiger partial charge >= 0.3 is 6.09 Å². The molecule has 0 aliphatic carbocycles. The van der Waals surface area contributed by atoms with Crippen LogP contribution >= 0.6 is 0 Å². The molecule has 1 amide bonds. The van der Waals surface area contributed by atoms with Crippen LogP contribution in [0.4, 0.5) is 4.79 Å². The van der Waals surface area contributed by atoms with Crippen LogP contribution in [0, 0.1) is 0 Å². The number of rotatable bonds is 6. The van der Waals surface area contributed by atoms with Crippen molar-refractivity contribution in [3.63, 3.8) is 0 Å². The number of ether oxygens (including phenoxy) is 1. The van der Waals surface area contributed by atoms with E-state index in [2.05, 4.69) is 10.5 Å². The minimum atomic E-state index is -0.711. The van der Waals surface area contributed by atoms with Crippen LogP contribution in [0.25, 0.3) is 0 Å². The quantitative estimate of drug-likeness (QED) is 0.551. The first-order valence-corrected chi connectivity index (χ1v) is 5.01. The number of hydrogen-bond donors (Lipinski definition) is 3. The molecule has 14 heavy (non-hydrogen) atoms. The Labute approximate surface area is 86.0 Å². The van der Waals surface area contributed by atoms with E-state index in [1.807, 2.05) is 0 Å². The largest absolute Gasteiger partial charge is 0.450 e. The monoisotopic (exact) mass is 205 g/mol. The van der Waals surface area contributed by atoms with Crippen LogP contribution < -0.4 is 17.2 Å². The summed E-state index contributed by atoms with van der Waals surface area (Å²) >= 11 is 0. The zero-order valence-corrected chi connectivity index (χ0v) is 9.00. The fourth-order valence-electron chi connectivity index (χ4n) is 0.784. The Kier molecular flexibility index (Phi) is 16.4. The lowest BCUT2D eigenvalue weighted by molar-refractivity contribution is 0.163. The van der Waals surface area contributed by atoms with Crippen molar-refractivity contribution >= 4 is 6.09 Å². The van der Waals surface area contributed by atoms with E-state index in [0.717, 1.165) is 25.9 Å². The van der Waals surface area contributed by atoms with Gasteiger partial charge in [-0.25, -0.2) is 4.79 Å². The van der Waals surface area contributed by atoms with Crippen LogP contribution in [0.5, 0.6) is 0 Å². The van der Waals surface area contributed by atoms with Crippen molar-refractivity contribution in [3.05, 3.63) is 0 Å². The number of unbranched alkanes of at least 4 members (excludes halogenated alkanes) is 3. The number of carbonyl (C=O) groups excluding carboxylic acids is 1. The number of amides is 1. The normalized spacial score (nSPS) is 8.79. The predicted octanol–water partition coefficient (Wildman–Crippen LogP) is 0.566. The zero-order valence-electron chi connectivity index (χ0n) is 9.00. The van der Waals surface area contributed by atoms with Gasteiger partial charge in [0.05, 0.1) is 6.61 Å². The molecule has 0 aromatic carbocycles. The molecule has 0 atom stereocenters. The van der Waals surface area contributed by atoms with Crippen molar-refractivity contribution < 1.29 is 9.53 Å². The maximum absolute atomic E-state index is 9.60. The lowest BCUT2D eigenvalue weighted by Gasteiger charge is -1.94. The van der Waals surface area contributed by atoms with Crippen molar-refractivity contribution in [2.24, 2.45) is 17.2 Å². The van der Waals surface area contributed by atoms with Crippen LogP contribution in [0.15, 0.2) is 0 Å². The summed E-state index contributed by atoms with van der Waals surface area (Å²) in [6.07, 6.45) is 4.08. The van der Waals surface area contributed by atoms with Crippen molar-refractivity contribution in [1.29, 1.82) is 0 Å². The Balaban J connectivity index is 0. The molecule has 0 fully saturated rings. The zero-order chi connectivity index (χ0) is 11.2. The third-order valence-corrected chi connectivity index (χ3v) is 1.44. The highest BCUT2D eigenvalue weighted by molar-refractivity contribution is 5.64. The number of nitrogens with two attached hydrogens (primary N) is 3. The van der Waals surface area contributed by atoms with Crippen LogP contribution in [-0.2, 0) is 4.74 Å². The Morgan fingerprint density at radius 3 is 1.64 bits per heavy atom. The molecule has 0 aliphatic rings. The fraction of sp³-hybridized carbons (Fsp3) is 0.889. The van der Waals surface area contributed by atoms with Gasteiger partial charge in [-0.05, 0) is 32.9 Å². The first-order chi connectivity index (χ1) is 6.68. The van der Waals surface area contributed by atoms with Gasteiger partial charge in [0.2, 0.25) is 0 Å². The third kappa shape index (κ3) is 22.5. The minimum Gasteiger partial charge on any atom is -0.450 e. The fourth-order valence-corrected chi connectivity index (χ4v) is 0.784. The van der Waals surface area contributed by atoms with Crippen molar-refractivity contribution in [2.45, 2.75) is 32.6 Å². The van der Waals surface area contributed by atoms with Gasteiger partial charge in [0, 0.05) is 0 Å². The lowest BCUT2D eigenvalue weighted by Crippen LogP contribution is -2.11. The van der Waals surface area contributed by atoms with Crippen LogP contribution in [0.3, 0.4) is 0 Å². The average Bonchev–Trinajstić information content (AvgIpc) is 2.13. The molecule has 5 heteroatoms. The van der Waals surface area contributed by atoms with Crippen LogP contribution in [-0.4, -0.2) is 25.8 Å². The molecule has 6 N–H and O–H groups in total. The standard InChI is InChI=1S/C6H16N2.C3H7NO2/c7-5-3-1-2-4-6-8;1-2-6-3(4)5/h1-8H2;2H2,1H3,(H2,4,5). The predicted molar refractivity (Wildman–Crippen MR) is 57.8 cm³/mol. The topological polar surface area (TPSA) is 104 Å². The van der Waals surface area contributed by atoms with Gasteiger partial charge in [0.1, 0.15) is 0 Å². The molecule has 0 heterocycles. The molecule has 0 saturated carbocycles. The molecule has 0 radical (unpaired) electrons. The van der Waals surface area contributed by atoms with E-state index in [0.29, 0.717) is 6.61 Å². The highest BCUT2D eigenvalue weighted by Crippen LogP contribution is 1.95. The molecule has 0 aromatic heterocycles. The summed E-state index contributed by atoms with van der Waals surface area (Å²) in [4.78, 5) is 9.60. The van der Waals surface area contributed by atoms with Crippen molar-refractivity contribution in [1.82, 2.24) is 0 Å². The van der Waals surface area contributed by atoms with E-state index in [1.54, 1.807) is 6.92 Å². The van der Waals surface area contributed by atoms with Gasteiger partial charge in [0.25, 0.3) is 0 Å². The molecule has 0 spiro atoms. The SMILES string of the molecule is CCOC(N)=O.NCCCCCCN. The van der Waals surface area contributed by atoms with E-state index in [9.17, 15) is 4.79 Å². The second-order valence-corrected chi connectivity index (χ2v) is 2.74. The minimum absolute atomic E-state index is 0.356. The van der Waals surface area contributed by atoms with Gasteiger partial charge in [-0.3, -0.25) is 0 Å². The summed E-state index contributed by atoms with van der Waals surface area (Å²) in [5.41, 5.74) is 15.1. The summed E-state index contributed by atoms with van der Waals surface area (Å²) in [5.74, 6) is 0. The van der Waals surface area contributed by atoms with Crippen molar-refractivity contribution in [2.75, 3.05) is 19.7 Å². The summed E-state index contributed by atoms with van der Waals surface area (Å²) in [7, 11) is 0. The van der Waals surface area contributed by atoms with E-state index < -0.39 is 6.09 Å². The highest BCUT2D eigenvalue weighted by atomic mass is 16.5. The van der Waals surface area contributed by atoms with Crippen LogP contribution in [0.2, 0.25) is 0 Å². The van der Waals surface area contributed by atoms with E-state index >= 15 is 0 Å². The number of carbonyl (C=O) groups is 1. The number of hydrogen-bond acceptors (Lipinski definition) is 4. The van der Waals surface area contributed by atoms with Gasteiger partial charge < -0.3 is 21.9 Å². The van der Waals surface area contributed by atoms with Gasteiger partial charge in [-0.15, -0.1) is 0 Å². The van der Waals surface area contributed by atoms with E-state index in [1.165, 1.54) is 12.8 Å². The molecule has 86 valence electrons. The Hall–Kier alpha value is -0.810. The molecule has 0 aliphatic heterocycles. The molecule has 0 aromatic rings. The first-order valence-electron chi connectivity index (χ1n) is 5.01. The highest BCUT2D eigenvalue weighted by Gasteiger charge is 1.83. The summed E-state index contributed by atoms with van der Waals surface area (Å²) < 4.78 is 4.18.